The maximum Gasteiger partial charge on any atom is 0.129 e. The van der Waals surface area contributed by atoms with Crippen molar-refractivity contribution < 1.29 is 5.11 Å². The number of aromatic nitrogens is 1. The van der Waals surface area contributed by atoms with Crippen LogP contribution in [0.1, 0.15) is 32.3 Å². The van der Waals surface area contributed by atoms with E-state index in [1.807, 2.05) is 6.07 Å². The van der Waals surface area contributed by atoms with Crippen LogP contribution in [0, 0.1) is 0 Å². The molecule has 0 aromatic carbocycles. The molecule has 0 amide bonds. The smallest absolute Gasteiger partial charge is 0.129 e. The lowest BCUT2D eigenvalue weighted by atomic mass is 10.1. The zero-order valence-corrected chi connectivity index (χ0v) is 9.53. The van der Waals surface area contributed by atoms with Crippen molar-refractivity contribution >= 4 is 5.82 Å². The minimum absolute atomic E-state index is 0.259. The first kappa shape index (κ1) is 12.0. The van der Waals surface area contributed by atoms with Gasteiger partial charge in [-0.05, 0) is 37.8 Å². The van der Waals surface area contributed by atoms with Gasteiger partial charge in [0, 0.05) is 18.8 Å². The number of pyridine rings is 1. The van der Waals surface area contributed by atoms with Crippen molar-refractivity contribution in [2.24, 2.45) is 0 Å². The number of hydrogen-bond acceptors (Lipinski definition) is 3. The monoisotopic (exact) mass is 208 g/mol. The maximum atomic E-state index is 8.74. The highest BCUT2D eigenvalue weighted by atomic mass is 16.2. The van der Waals surface area contributed by atoms with E-state index in [1.54, 1.807) is 6.20 Å². The quantitative estimate of drug-likeness (QED) is 0.753. The van der Waals surface area contributed by atoms with Crippen LogP contribution in [0.4, 0.5) is 5.82 Å². The van der Waals surface area contributed by atoms with E-state index in [4.69, 9.17) is 5.11 Å². The molecule has 1 aromatic rings. The van der Waals surface area contributed by atoms with Gasteiger partial charge in [-0.3, -0.25) is 0 Å². The molecule has 0 aliphatic carbocycles. The highest BCUT2D eigenvalue weighted by Crippen LogP contribution is 2.14. The van der Waals surface area contributed by atoms with Gasteiger partial charge < -0.3 is 10.4 Å². The van der Waals surface area contributed by atoms with Gasteiger partial charge in [0.2, 0.25) is 0 Å². The molecule has 3 heteroatoms. The molecule has 0 radical (unpaired) electrons. The highest BCUT2D eigenvalue weighted by molar-refractivity contribution is 5.44. The molecule has 15 heavy (non-hydrogen) atoms. The minimum Gasteiger partial charge on any atom is -0.396 e. The van der Waals surface area contributed by atoms with Crippen LogP contribution in [0.15, 0.2) is 18.3 Å². The molecule has 1 unspecified atom stereocenters. The van der Waals surface area contributed by atoms with E-state index in [1.165, 1.54) is 5.56 Å². The van der Waals surface area contributed by atoms with Gasteiger partial charge in [0.1, 0.15) is 5.82 Å². The summed E-state index contributed by atoms with van der Waals surface area (Å²) in [6.45, 7) is 4.50. The Hall–Kier alpha value is -1.09. The Bertz CT molecular complexity index is 289. The molecule has 1 rings (SSSR count). The molecular weight excluding hydrogens is 188 g/mol. The first-order chi connectivity index (χ1) is 7.27. The van der Waals surface area contributed by atoms with Crippen LogP contribution in [0.3, 0.4) is 0 Å². The third-order valence-corrected chi connectivity index (χ3v) is 2.45. The number of nitrogens with one attached hydrogen (secondary N) is 1. The van der Waals surface area contributed by atoms with Crippen molar-refractivity contribution in [1.82, 2.24) is 4.98 Å². The summed E-state index contributed by atoms with van der Waals surface area (Å²) >= 11 is 0. The number of aliphatic hydroxyl groups is 1. The molecule has 0 fully saturated rings. The topological polar surface area (TPSA) is 45.2 Å². The van der Waals surface area contributed by atoms with Gasteiger partial charge in [0.05, 0.1) is 0 Å². The van der Waals surface area contributed by atoms with Gasteiger partial charge in [-0.15, -0.1) is 0 Å². The fraction of sp³-hybridized carbons (Fsp3) is 0.583. The molecule has 0 saturated carbocycles. The van der Waals surface area contributed by atoms with Gasteiger partial charge in [0.15, 0.2) is 0 Å². The predicted octanol–water partition coefficient (Wildman–Crippen LogP) is 2.22. The molecule has 2 N–H and O–H groups in total. The Morgan fingerprint density at radius 3 is 3.00 bits per heavy atom. The van der Waals surface area contributed by atoms with Crippen molar-refractivity contribution in [3.63, 3.8) is 0 Å². The highest BCUT2D eigenvalue weighted by Gasteiger charge is 2.05. The summed E-state index contributed by atoms with van der Waals surface area (Å²) in [4.78, 5) is 4.32. The zero-order valence-electron chi connectivity index (χ0n) is 9.53. The molecule has 1 aromatic heterocycles. The second-order valence-corrected chi connectivity index (χ2v) is 3.78. The summed E-state index contributed by atoms with van der Waals surface area (Å²) in [6, 6.07) is 4.41. The lowest BCUT2D eigenvalue weighted by Crippen LogP contribution is -2.17. The number of aliphatic hydroxyl groups excluding tert-OH is 1. The van der Waals surface area contributed by atoms with Crippen LogP contribution in [0.2, 0.25) is 0 Å². The third kappa shape index (κ3) is 3.88. The average Bonchev–Trinajstić information content (AvgIpc) is 2.27. The van der Waals surface area contributed by atoms with E-state index in [2.05, 4.69) is 30.2 Å². The first-order valence-corrected chi connectivity index (χ1v) is 5.59. The molecular formula is C12H20N2O. The Morgan fingerprint density at radius 1 is 1.53 bits per heavy atom. The minimum atomic E-state index is 0.259. The van der Waals surface area contributed by atoms with Crippen LogP contribution < -0.4 is 5.32 Å². The second kappa shape index (κ2) is 6.40. The number of aryl methyl sites for hydroxylation is 1. The van der Waals surface area contributed by atoms with Crippen LogP contribution in [-0.2, 0) is 6.42 Å². The summed E-state index contributed by atoms with van der Waals surface area (Å²) in [5.41, 5.74) is 1.24. The Labute approximate surface area is 91.5 Å². The van der Waals surface area contributed by atoms with Gasteiger partial charge in [-0.2, -0.15) is 0 Å². The maximum absolute atomic E-state index is 8.74. The van der Waals surface area contributed by atoms with Crippen LogP contribution in [-0.4, -0.2) is 22.7 Å². The molecule has 1 heterocycles. The largest absolute Gasteiger partial charge is 0.396 e. The fourth-order valence-corrected chi connectivity index (χ4v) is 1.56. The SMILES string of the molecule is CCc1cccnc1NC(C)CCCO. The van der Waals surface area contributed by atoms with E-state index < -0.39 is 0 Å². The normalized spacial score (nSPS) is 12.5. The molecule has 3 nitrogen and oxygen atoms in total. The summed E-state index contributed by atoms with van der Waals surface area (Å²) in [5.74, 6) is 0.977. The summed E-state index contributed by atoms with van der Waals surface area (Å²) in [5, 5.41) is 12.1. The standard InChI is InChI=1S/C12H20N2O/c1-3-11-7-4-8-13-12(11)14-10(2)6-5-9-15/h4,7-8,10,15H,3,5-6,9H2,1-2H3,(H,13,14). The molecule has 0 bridgehead atoms. The Balaban J connectivity index is 2.55. The second-order valence-electron chi connectivity index (χ2n) is 3.78. The number of nitrogens with zero attached hydrogens (tertiary/aromatic N) is 1. The van der Waals surface area contributed by atoms with Gasteiger partial charge in [0.25, 0.3) is 0 Å². The van der Waals surface area contributed by atoms with E-state index in [-0.39, 0.29) is 6.61 Å². The third-order valence-electron chi connectivity index (χ3n) is 2.45. The van der Waals surface area contributed by atoms with E-state index in [0.29, 0.717) is 6.04 Å². The summed E-state index contributed by atoms with van der Waals surface area (Å²) < 4.78 is 0. The van der Waals surface area contributed by atoms with Crippen LogP contribution in [0.25, 0.3) is 0 Å². The molecule has 84 valence electrons. The van der Waals surface area contributed by atoms with Crippen molar-refractivity contribution in [1.29, 1.82) is 0 Å². The fourth-order valence-electron chi connectivity index (χ4n) is 1.56. The molecule has 0 aliphatic heterocycles. The molecule has 0 saturated heterocycles. The Morgan fingerprint density at radius 2 is 2.33 bits per heavy atom. The van der Waals surface area contributed by atoms with Crippen LogP contribution in [0.5, 0.6) is 0 Å². The number of rotatable bonds is 6. The summed E-state index contributed by atoms with van der Waals surface area (Å²) in [7, 11) is 0. The molecule has 0 aliphatic rings. The predicted molar refractivity (Wildman–Crippen MR) is 63.0 cm³/mol. The van der Waals surface area contributed by atoms with E-state index >= 15 is 0 Å². The summed E-state index contributed by atoms with van der Waals surface area (Å²) in [6.07, 6.45) is 4.60. The zero-order chi connectivity index (χ0) is 11.1. The van der Waals surface area contributed by atoms with Gasteiger partial charge in [-0.25, -0.2) is 4.98 Å². The Kier molecular flexibility index (Phi) is 5.12. The number of hydrogen-bond donors (Lipinski definition) is 2. The lowest BCUT2D eigenvalue weighted by Gasteiger charge is -2.15. The van der Waals surface area contributed by atoms with Gasteiger partial charge >= 0.3 is 0 Å². The van der Waals surface area contributed by atoms with Crippen molar-refractivity contribution in [3.05, 3.63) is 23.9 Å². The van der Waals surface area contributed by atoms with Crippen molar-refractivity contribution in [2.45, 2.75) is 39.2 Å². The molecule has 1 atom stereocenters. The van der Waals surface area contributed by atoms with E-state index in [9.17, 15) is 0 Å². The van der Waals surface area contributed by atoms with Gasteiger partial charge in [-0.1, -0.05) is 13.0 Å². The van der Waals surface area contributed by atoms with Crippen LogP contribution >= 0.6 is 0 Å². The first-order valence-electron chi connectivity index (χ1n) is 5.59. The number of anilines is 1. The lowest BCUT2D eigenvalue weighted by molar-refractivity contribution is 0.282. The van der Waals surface area contributed by atoms with Crippen molar-refractivity contribution in [2.75, 3.05) is 11.9 Å². The molecule has 0 spiro atoms. The average molecular weight is 208 g/mol. The van der Waals surface area contributed by atoms with E-state index in [0.717, 1.165) is 25.1 Å². The van der Waals surface area contributed by atoms with Crippen molar-refractivity contribution in [3.8, 4) is 0 Å².